The van der Waals surface area contributed by atoms with Crippen molar-refractivity contribution < 1.29 is 9.90 Å². The number of anilines is 1. The minimum Gasteiger partial charge on any atom is -0.481 e. The van der Waals surface area contributed by atoms with Crippen molar-refractivity contribution in [1.29, 1.82) is 0 Å². The zero-order valence-corrected chi connectivity index (χ0v) is 12.8. The Labute approximate surface area is 125 Å². The van der Waals surface area contributed by atoms with Crippen LogP contribution in [0.3, 0.4) is 0 Å². The Hall–Kier alpha value is -1.69. The maximum Gasteiger partial charge on any atom is 0.310 e. The van der Waals surface area contributed by atoms with Gasteiger partial charge in [-0.2, -0.15) is 0 Å². The fourth-order valence-corrected chi connectivity index (χ4v) is 2.86. The monoisotopic (exact) mass is 292 g/mol. The molecule has 1 aliphatic heterocycles. The molecule has 1 saturated heterocycles. The third kappa shape index (κ3) is 3.91. The molecule has 2 rings (SSSR count). The van der Waals surface area contributed by atoms with Crippen LogP contribution < -0.4 is 4.90 Å². The molecule has 6 nitrogen and oxygen atoms in total. The normalized spacial score (nSPS) is 19.2. The maximum absolute atomic E-state index is 11.5. The predicted molar refractivity (Wildman–Crippen MR) is 81.3 cm³/mol. The average Bonchev–Trinajstić information content (AvgIpc) is 2.49. The first-order chi connectivity index (χ1) is 10.0. The lowest BCUT2D eigenvalue weighted by atomic mass is 9.85. The molecule has 2 heterocycles. The zero-order chi connectivity index (χ0) is 15.3. The fourth-order valence-electron chi connectivity index (χ4n) is 2.86. The molecule has 1 aromatic rings. The van der Waals surface area contributed by atoms with E-state index in [1.165, 1.54) is 0 Å². The smallest absolute Gasteiger partial charge is 0.310 e. The van der Waals surface area contributed by atoms with E-state index in [0.29, 0.717) is 13.0 Å². The van der Waals surface area contributed by atoms with Crippen LogP contribution in [0.5, 0.6) is 0 Å². The van der Waals surface area contributed by atoms with Crippen molar-refractivity contribution in [3.63, 3.8) is 0 Å². The molecule has 6 heteroatoms. The van der Waals surface area contributed by atoms with E-state index in [4.69, 9.17) is 0 Å². The molecule has 1 N–H and O–H groups in total. The standard InChI is InChI=1S/C15H24N4O2/c1-3-5-15(2,13(20)21)12-18-8-10-19(11-9-18)14-16-6-4-7-17-14/h4,6-7H,3,5,8-12H2,1-2H3,(H,20,21). The number of aliphatic carboxylic acids is 1. The number of piperazine rings is 1. The van der Waals surface area contributed by atoms with Gasteiger partial charge < -0.3 is 10.0 Å². The van der Waals surface area contributed by atoms with E-state index in [9.17, 15) is 9.90 Å². The van der Waals surface area contributed by atoms with Gasteiger partial charge in [0.1, 0.15) is 0 Å². The third-order valence-corrected chi connectivity index (χ3v) is 4.10. The van der Waals surface area contributed by atoms with Crippen LogP contribution >= 0.6 is 0 Å². The van der Waals surface area contributed by atoms with E-state index in [2.05, 4.69) is 19.8 Å². The van der Waals surface area contributed by atoms with Crippen molar-refractivity contribution in [1.82, 2.24) is 14.9 Å². The minimum absolute atomic E-state index is 0.611. The fraction of sp³-hybridized carbons (Fsp3) is 0.667. The maximum atomic E-state index is 11.5. The van der Waals surface area contributed by atoms with Crippen LogP contribution in [0.2, 0.25) is 0 Å². The summed E-state index contributed by atoms with van der Waals surface area (Å²) in [4.78, 5) is 24.4. The van der Waals surface area contributed by atoms with E-state index < -0.39 is 11.4 Å². The average molecular weight is 292 g/mol. The SMILES string of the molecule is CCCC(C)(CN1CCN(c2ncccn2)CC1)C(=O)O. The first-order valence-electron chi connectivity index (χ1n) is 7.53. The Morgan fingerprint density at radius 3 is 2.43 bits per heavy atom. The van der Waals surface area contributed by atoms with E-state index >= 15 is 0 Å². The van der Waals surface area contributed by atoms with Crippen molar-refractivity contribution in [2.75, 3.05) is 37.6 Å². The number of carbonyl (C=O) groups is 1. The van der Waals surface area contributed by atoms with Gasteiger partial charge in [-0.05, 0) is 19.4 Å². The van der Waals surface area contributed by atoms with Crippen molar-refractivity contribution in [2.24, 2.45) is 5.41 Å². The predicted octanol–water partition coefficient (Wildman–Crippen LogP) is 1.49. The molecule has 0 amide bonds. The molecule has 0 radical (unpaired) electrons. The Morgan fingerprint density at radius 1 is 1.29 bits per heavy atom. The molecule has 0 saturated carbocycles. The summed E-state index contributed by atoms with van der Waals surface area (Å²) < 4.78 is 0. The van der Waals surface area contributed by atoms with Gasteiger partial charge in [0.2, 0.25) is 5.95 Å². The molecule has 1 unspecified atom stereocenters. The van der Waals surface area contributed by atoms with Gasteiger partial charge in [0, 0.05) is 45.1 Å². The van der Waals surface area contributed by atoms with Crippen LogP contribution in [0, 0.1) is 5.41 Å². The van der Waals surface area contributed by atoms with Crippen LogP contribution in [0.15, 0.2) is 18.5 Å². The zero-order valence-electron chi connectivity index (χ0n) is 12.8. The second-order valence-electron chi connectivity index (χ2n) is 5.93. The van der Waals surface area contributed by atoms with Crippen molar-refractivity contribution in [3.05, 3.63) is 18.5 Å². The molecule has 0 bridgehead atoms. The van der Waals surface area contributed by atoms with Crippen LogP contribution in [0.1, 0.15) is 26.7 Å². The highest BCUT2D eigenvalue weighted by atomic mass is 16.4. The van der Waals surface area contributed by atoms with Crippen molar-refractivity contribution >= 4 is 11.9 Å². The van der Waals surface area contributed by atoms with Gasteiger partial charge in [0.05, 0.1) is 5.41 Å². The number of rotatable bonds is 6. The lowest BCUT2D eigenvalue weighted by Crippen LogP contribution is -2.51. The molecule has 0 aliphatic carbocycles. The summed E-state index contributed by atoms with van der Waals surface area (Å²) in [5, 5.41) is 9.47. The van der Waals surface area contributed by atoms with Crippen LogP contribution in [-0.4, -0.2) is 58.7 Å². The first kappa shape index (κ1) is 15.7. The van der Waals surface area contributed by atoms with E-state index in [0.717, 1.165) is 38.5 Å². The molecule has 1 aromatic heterocycles. The molecule has 1 fully saturated rings. The lowest BCUT2D eigenvalue weighted by molar-refractivity contribution is -0.149. The number of hydrogen-bond donors (Lipinski definition) is 1. The largest absolute Gasteiger partial charge is 0.481 e. The van der Waals surface area contributed by atoms with Gasteiger partial charge in [0.15, 0.2) is 0 Å². The minimum atomic E-state index is -0.696. The van der Waals surface area contributed by atoms with Crippen LogP contribution in [-0.2, 0) is 4.79 Å². The van der Waals surface area contributed by atoms with Crippen LogP contribution in [0.4, 0.5) is 5.95 Å². The van der Waals surface area contributed by atoms with Gasteiger partial charge in [-0.1, -0.05) is 13.3 Å². The number of hydrogen-bond acceptors (Lipinski definition) is 5. The van der Waals surface area contributed by atoms with Crippen LogP contribution in [0.25, 0.3) is 0 Å². The highest BCUT2D eigenvalue weighted by Gasteiger charge is 2.35. The Balaban J connectivity index is 1.90. The molecule has 0 spiro atoms. The molecular weight excluding hydrogens is 268 g/mol. The number of carboxylic acids is 1. The summed E-state index contributed by atoms with van der Waals surface area (Å²) in [6.07, 6.45) is 5.10. The molecule has 21 heavy (non-hydrogen) atoms. The molecule has 0 aromatic carbocycles. The van der Waals surface area contributed by atoms with Crippen molar-refractivity contribution in [2.45, 2.75) is 26.7 Å². The summed E-state index contributed by atoms with van der Waals surface area (Å²) in [6.45, 7) is 7.88. The second kappa shape index (κ2) is 6.85. The molecule has 1 aliphatic rings. The van der Waals surface area contributed by atoms with Gasteiger partial charge in [-0.3, -0.25) is 9.69 Å². The third-order valence-electron chi connectivity index (χ3n) is 4.10. The second-order valence-corrected chi connectivity index (χ2v) is 5.93. The van der Waals surface area contributed by atoms with Gasteiger partial charge in [-0.25, -0.2) is 9.97 Å². The summed E-state index contributed by atoms with van der Waals surface area (Å²) in [7, 11) is 0. The molecule has 116 valence electrons. The Bertz CT molecular complexity index is 460. The molecular formula is C15H24N4O2. The number of aromatic nitrogens is 2. The highest BCUT2D eigenvalue weighted by molar-refractivity contribution is 5.74. The quantitative estimate of drug-likeness (QED) is 0.856. The summed E-state index contributed by atoms with van der Waals surface area (Å²) >= 11 is 0. The topological polar surface area (TPSA) is 69.6 Å². The first-order valence-corrected chi connectivity index (χ1v) is 7.53. The Morgan fingerprint density at radius 2 is 1.90 bits per heavy atom. The Kier molecular flexibility index (Phi) is 5.12. The summed E-state index contributed by atoms with van der Waals surface area (Å²) in [5.74, 6) is 0.0601. The number of nitrogens with zero attached hydrogens (tertiary/aromatic N) is 4. The summed E-state index contributed by atoms with van der Waals surface area (Å²) in [5.41, 5.74) is -0.653. The van der Waals surface area contributed by atoms with Gasteiger partial charge in [0.25, 0.3) is 0 Å². The molecule has 1 atom stereocenters. The van der Waals surface area contributed by atoms with E-state index in [1.807, 2.05) is 19.9 Å². The van der Waals surface area contributed by atoms with Gasteiger partial charge in [-0.15, -0.1) is 0 Å². The lowest BCUT2D eigenvalue weighted by Gasteiger charge is -2.38. The summed E-state index contributed by atoms with van der Waals surface area (Å²) in [6, 6.07) is 1.81. The highest BCUT2D eigenvalue weighted by Crippen LogP contribution is 2.26. The van der Waals surface area contributed by atoms with E-state index in [1.54, 1.807) is 12.4 Å². The van der Waals surface area contributed by atoms with E-state index in [-0.39, 0.29) is 0 Å². The number of carboxylic acid groups (broad SMARTS) is 1. The van der Waals surface area contributed by atoms with Crippen molar-refractivity contribution in [3.8, 4) is 0 Å². The van der Waals surface area contributed by atoms with Gasteiger partial charge >= 0.3 is 5.97 Å².